The molecule has 0 saturated heterocycles. The minimum atomic E-state index is -0.356. The van der Waals surface area contributed by atoms with E-state index in [-0.39, 0.29) is 5.97 Å². The molecule has 0 heterocycles. The molecule has 0 unspecified atom stereocenters. The number of carbonyl (C=O) groups is 1. The van der Waals surface area contributed by atoms with Gasteiger partial charge in [-0.1, -0.05) is 63.8 Å². The van der Waals surface area contributed by atoms with Gasteiger partial charge >= 0.3 is 5.97 Å². The van der Waals surface area contributed by atoms with Gasteiger partial charge in [-0.15, -0.1) is 0 Å². The maximum Gasteiger partial charge on any atom is 0.343 e. The molecule has 0 N–H and O–H groups in total. The van der Waals surface area contributed by atoms with E-state index in [4.69, 9.17) is 9.47 Å². The molecule has 1 fully saturated rings. The van der Waals surface area contributed by atoms with Gasteiger partial charge in [-0.2, -0.15) is 0 Å². The van der Waals surface area contributed by atoms with Crippen molar-refractivity contribution >= 4 is 5.97 Å². The Bertz CT molecular complexity index is 828. The molecular weight excluding hydrogens is 396 g/mol. The number of ether oxygens (including phenoxy) is 2. The van der Waals surface area contributed by atoms with E-state index in [1.54, 1.807) is 12.1 Å². The lowest BCUT2D eigenvalue weighted by Crippen LogP contribution is -2.13. The van der Waals surface area contributed by atoms with Gasteiger partial charge in [0.15, 0.2) is 0 Å². The Hall–Kier alpha value is -2.55. The van der Waals surface area contributed by atoms with E-state index < -0.39 is 0 Å². The van der Waals surface area contributed by atoms with Crippen LogP contribution in [0.1, 0.15) is 81.1 Å². The number of hydrogen-bond donors (Lipinski definition) is 0. The van der Waals surface area contributed by atoms with Crippen molar-refractivity contribution < 1.29 is 14.3 Å². The van der Waals surface area contributed by atoms with Crippen LogP contribution in [0.3, 0.4) is 0 Å². The first-order valence-corrected chi connectivity index (χ1v) is 12.4. The molecule has 0 atom stereocenters. The van der Waals surface area contributed by atoms with Gasteiger partial charge in [0.05, 0.1) is 5.56 Å². The highest BCUT2D eigenvalue weighted by Gasteiger charge is 2.18. The van der Waals surface area contributed by atoms with Crippen molar-refractivity contribution in [2.45, 2.75) is 71.6 Å². The summed E-state index contributed by atoms with van der Waals surface area (Å²) >= 11 is 0. The van der Waals surface area contributed by atoms with Gasteiger partial charge in [-0.25, -0.2) is 4.79 Å². The molecule has 0 aromatic heterocycles. The SMILES string of the molecule is CCCCCC1CCC(/C=C/COc2ccc(C(=O)Oc3ccc(CC)cc3)cc2)CC1. The highest BCUT2D eigenvalue weighted by Crippen LogP contribution is 2.32. The molecule has 0 spiro atoms. The second-order valence-corrected chi connectivity index (χ2v) is 8.93. The van der Waals surface area contributed by atoms with Crippen LogP contribution < -0.4 is 9.47 Å². The summed E-state index contributed by atoms with van der Waals surface area (Å²) in [6, 6.07) is 14.8. The number of hydrogen-bond acceptors (Lipinski definition) is 3. The average Bonchev–Trinajstić information content (AvgIpc) is 2.84. The first-order chi connectivity index (χ1) is 15.7. The van der Waals surface area contributed by atoms with Gasteiger partial charge in [0.2, 0.25) is 0 Å². The van der Waals surface area contributed by atoms with E-state index in [1.165, 1.54) is 56.9 Å². The number of benzene rings is 2. The molecule has 2 aromatic rings. The average molecular weight is 435 g/mol. The lowest BCUT2D eigenvalue weighted by molar-refractivity contribution is 0.0734. The first kappa shape index (κ1) is 24.1. The van der Waals surface area contributed by atoms with E-state index in [1.807, 2.05) is 36.4 Å². The first-order valence-electron chi connectivity index (χ1n) is 12.4. The topological polar surface area (TPSA) is 35.5 Å². The minimum Gasteiger partial charge on any atom is -0.490 e. The number of esters is 1. The molecule has 2 aromatic carbocycles. The molecular formula is C29H38O3. The minimum absolute atomic E-state index is 0.356. The van der Waals surface area contributed by atoms with Crippen molar-refractivity contribution in [3.05, 3.63) is 71.8 Å². The predicted octanol–water partition coefficient (Wildman–Crippen LogP) is 7.79. The zero-order chi connectivity index (χ0) is 22.6. The molecule has 3 nitrogen and oxygen atoms in total. The zero-order valence-corrected chi connectivity index (χ0v) is 19.7. The molecule has 0 amide bonds. The van der Waals surface area contributed by atoms with Crippen molar-refractivity contribution in [1.82, 2.24) is 0 Å². The summed E-state index contributed by atoms with van der Waals surface area (Å²) in [5.41, 5.74) is 1.73. The van der Waals surface area contributed by atoms with Gasteiger partial charge in [-0.05, 0) is 85.9 Å². The van der Waals surface area contributed by atoms with Crippen LogP contribution >= 0.6 is 0 Å². The normalized spacial score (nSPS) is 18.6. The van der Waals surface area contributed by atoms with Gasteiger partial charge in [0.1, 0.15) is 18.1 Å². The van der Waals surface area contributed by atoms with Gasteiger partial charge in [0, 0.05) is 0 Å². The molecule has 1 aliphatic carbocycles. The van der Waals surface area contributed by atoms with Crippen molar-refractivity contribution in [3.8, 4) is 11.5 Å². The largest absolute Gasteiger partial charge is 0.490 e. The monoisotopic (exact) mass is 434 g/mol. The summed E-state index contributed by atoms with van der Waals surface area (Å²) in [6.45, 7) is 4.93. The van der Waals surface area contributed by atoms with E-state index in [0.29, 0.717) is 23.8 Å². The fourth-order valence-electron chi connectivity index (χ4n) is 4.39. The van der Waals surface area contributed by atoms with Crippen molar-refractivity contribution in [1.29, 1.82) is 0 Å². The Morgan fingerprint density at radius 1 is 0.906 bits per heavy atom. The fourth-order valence-corrected chi connectivity index (χ4v) is 4.39. The molecule has 0 radical (unpaired) electrons. The summed E-state index contributed by atoms with van der Waals surface area (Å²) in [7, 11) is 0. The third-order valence-electron chi connectivity index (χ3n) is 6.49. The molecule has 3 heteroatoms. The zero-order valence-electron chi connectivity index (χ0n) is 19.7. The second kappa shape index (κ2) is 13.1. The van der Waals surface area contributed by atoms with Crippen molar-refractivity contribution in [2.75, 3.05) is 6.61 Å². The highest BCUT2D eigenvalue weighted by atomic mass is 16.5. The number of rotatable bonds is 11. The summed E-state index contributed by atoms with van der Waals surface area (Å²) < 4.78 is 11.3. The summed E-state index contributed by atoms with van der Waals surface area (Å²) in [5, 5.41) is 0. The fraction of sp³-hybridized carbons (Fsp3) is 0.483. The Kier molecular flexibility index (Phi) is 9.87. The number of carbonyl (C=O) groups excluding carboxylic acids is 1. The van der Waals surface area contributed by atoms with Crippen LogP contribution in [0, 0.1) is 11.8 Å². The lowest BCUT2D eigenvalue weighted by Gasteiger charge is -2.26. The smallest absolute Gasteiger partial charge is 0.343 e. The van der Waals surface area contributed by atoms with Gasteiger partial charge in [-0.3, -0.25) is 0 Å². The number of aryl methyl sites for hydroxylation is 1. The molecule has 1 aliphatic rings. The van der Waals surface area contributed by atoms with E-state index >= 15 is 0 Å². The predicted molar refractivity (Wildman–Crippen MR) is 131 cm³/mol. The highest BCUT2D eigenvalue weighted by molar-refractivity contribution is 5.91. The lowest BCUT2D eigenvalue weighted by atomic mass is 9.79. The second-order valence-electron chi connectivity index (χ2n) is 8.93. The van der Waals surface area contributed by atoms with E-state index in [0.717, 1.165) is 18.1 Å². The molecule has 32 heavy (non-hydrogen) atoms. The van der Waals surface area contributed by atoms with Gasteiger partial charge < -0.3 is 9.47 Å². The maximum absolute atomic E-state index is 12.3. The Morgan fingerprint density at radius 3 is 2.25 bits per heavy atom. The van der Waals surface area contributed by atoms with Crippen molar-refractivity contribution in [2.24, 2.45) is 11.8 Å². The molecule has 0 bridgehead atoms. The Balaban J connectivity index is 1.37. The summed E-state index contributed by atoms with van der Waals surface area (Å²) in [5.74, 6) is 2.62. The number of unbranched alkanes of at least 4 members (excludes halogenated alkanes) is 2. The Morgan fingerprint density at radius 2 is 1.59 bits per heavy atom. The molecule has 0 aliphatic heterocycles. The van der Waals surface area contributed by atoms with Crippen LogP contribution in [-0.4, -0.2) is 12.6 Å². The van der Waals surface area contributed by atoms with Crippen molar-refractivity contribution in [3.63, 3.8) is 0 Å². The standard InChI is InChI=1S/C29H38O3/c1-3-5-6-8-24-10-12-25(13-11-24)9-7-22-31-27-20-16-26(17-21-27)29(30)32-28-18-14-23(4-2)15-19-28/h7,9,14-21,24-25H,3-6,8,10-13,22H2,1-2H3/b9-7+. The molecule has 172 valence electrons. The quantitative estimate of drug-likeness (QED) is 0.157. The van der Waals surface area contributed by atoms with Crippen LogP contribution in [-0.2, 0) is 6.42 Å². The third-order valence-corrected chi connectivity index (χ3v) is 6.49. The molecule has 1 saturated carbocycles. The van der Waals surface area contributed by atoms with Crippen LogP contribution in [0.5, 0.6) is 11.5 Å². The third kappa shape index (κ3) is 7.85. The van der Waals surface area contributed by atoms with Crippen LogP contribution in [0.2, 0.25) is 0 Å². The Labute approximate surface area is 193 Å². The summed E-state index contributed by atoms with van der Waals surface area (Å²) in [6.07, 6.45) is 16.3. The van der Waals surface area contributed by atoms with E-state index in [9.17, 15) is 4.79 Å². The van der Waals surface area contributed by atoms with E-state index in [2.05, 4.69) is 26.0 Å². The van der Waals surface area contributed by atoms with Gasteiger partial charge in [0.25, 0.3) is 0 Å². The summed E-state index contributed by atoms with van der Waals surface area (Å²) in [4.78, 5) is 12.3. The molecule has 3 rings (SSSR count). The number of allylic oxidation sites excluding steroid dienone is 1. The van der Waals surface area contributed by atoms with Crippen LogP contribution in [0.15, 0.2) is 60.7 Å². The van der Waals surface area contributed by atoms with Crippen LogP contribution in [0.25, 0.3) is 0 Å². The maximum atomic E-state index is 12.3. The van der Waals surface area contributed by atoms with Crippen LogP contribution in [0.4, 0.5) is 0 Å².